The van der Waals surface area contributed by atoms with Crippen LogP contribution in [-0.2, 0) is 0 Å². The Balaban J connectivity index is 1.57. The van der Waals surface area contributed by atoms with E-state index in [1.54, 1.807) is 0 Å². The fourth-order valence-electron chi connectivity index (χ4n) is 4.96. The summed E-state index contributed by atoms with van der Waals surface area (Å²) in [5.74, 6) is 3.87. The molecule has 1 saturated carbocycles. The molecule has 0 aromatic carbocycles. The Labute approximate surface area is 152 Å². The summed E-state index contributed by atoms with van der Waals surface area (Å²) in [5.41, 5.74) is 0. The minimum Gasteiger partial charge on any atom is -0.301 e. The molecule has 0 spiro atoms. The lowest BCUT2D eigenvalue weighted by molar-refractivity contribution is 0.103. The van der Waals surface area contributed by atoms with Crippen LogP contribution in [0.2, 0.25) is 0 Å². The number of hydrogen-bond donors (Lipinski definition) is 0. The van der Waals surface area contributed by atoms with Crippen LogP contribution < -0.4 is 0 Å². The third kappa shape index (κ3) is 7.04. The monoisotopic (exact) mass is 336 g/mol. The summed E-state index contributed by atoms with van der Waals surface area (Å²) in [6.45, 7) is 18.4. The zero-order valence-electron chi connectivity index (χ0n) is 17.3. The van der Waals surface area contributed by atoms with E-state index < -0.39 is 0 Å². The summed E-state index contributed by atoms with van der Waals surface area (Å²) >= 11 is 0. The molecule has 0 aromatic rings. The standard InChI is InChI=1S/C22H44N2/c1-18(2)16-21-6-8-22(9-7-21)17-20(5)10-11-23-12-14-24(15-13-23)19(3)4/h18-22H,6-17H2,1-5H3. The Morgan fingerprint density at radius 2 is 1.29 bits per heavy atom. The second-order valence-corrected chi connectivity index (χ2v) is 9.62. The summed E-state index contributed by atoms with van der Waals surface area (Å²) in [6, 6.07) is 0.719. The second-order valence-electron chi connectivity index (χ2n) is 9.62. The van der Waals surface area contributed by atoms with Crippen molar-refractivity contribution in [2.75, 3.05) is 32.7 Å². The third-order valence-corrected chi connectivity index (χ3v) is 6.58. The van der Waals surface area contributed by atoms with E-state index in [-0.39, 0.29) is 0 Å². The maximum absolute atomic E-state index is 2.70. The highest BCUT2D eigenvalue weighted by molar-refractivity contribution is 4.77. The molecular formula is C22H44N2. The minimum absolute atomic E-state index is 0.719. The number of rotatable bonds is 8. The van der Waals surface area contributed by atoms with Crippen molar-refractivity contribution in [1.82, 2.24) is 9.80 Å². The molecule has 1 aliphatic heterocycles. The first-order valence-corrected chi connectivity index (χ1v) is 10.9. The van der Waals surface area contributed by atoms with E-state index in [4.69, 9.17) is 0 Å². The molecule has 24 heavy (non-hydrogen) atoms. The van der Waals surface area contributed by atoms with E-state index in [0.717, 1.165) is 29.7 Å². The first kappa shape index (κ1) is 20.2. The lowest BCUT2D eigenvalue weighted by Crippen LogP contribution is -2.49. The SMILES string of the molecule is CC(C)CC1CCC(CC(C)CCN2CCN(C(C)C)CC2)CC1. The van der Waals surface area contributed by atoms with Crippen molar-refractivity contribution >= 4 is 0 Å². The molecule has 2 aliphatic rings. The van der Waals surface area contributed by atoms with Crippen molar-refractivity contribution in [3.05, 3.63) is 0 Å². The van der Waals surface area contributed by atoms with Crippen LogP contribution in [0.1, 0.15) is 79.6 Å². The van der Waals surface area contributed by atoms with Crippen LogP contribution in [0.25, 0.3) is 0 Å². The fraction of sp³-hybridized carbons (Fsp3) is 1.00. The first-order chi connectivity index (χ1) is 11.4. The number of piperazine rings is 1. The van der Waals surface area contributed by atoms with Crippen molar-refractivity contribution in [2.24, 2.45) is 23.7 Å². The molecule has 2 fully saturated rings. The summed E-state index contributed by atoms with van der Waals surface area (Å²) in [7, 11) is 0. The van der Waals surface area contributed by atoms with Gasteiger partial charge in [0, 0.05) is 32.2 Å². The normalized spacial score (nSPS) is 28.6. The molecule has 2 heteroatoms. The summed E-state index contributed by atoms with van der Waals surface area (Å²) in [4.78, 5) is 5.32. The molecule has 1 heterocycles. The molecule has 0 amide bonds. The van der Waals surface area contributed by atoms with Crippen LogP contribution in [0.15, 0.2) is 0 Å². The van der Waals surface area contributed by atoms with Crippen molar-refractivity contribution in [1.29, 1.82) is 0 Å². The predicted octanol–water partition coefficient (Wildman–Crippen LogP) is 5.28. The number of nitrogens with zero attached hydrogens (tertiary/aromatic N) is 2. The van der Waals surface area contributed by atoms with E-state index in [9.17, 15) is 0 Å². The van der Waals surface area contributed by atoms with Gasteiger partial charge in [-0.1, -0.05) is 46.5 Å². The van der Waals surface area contributed by atoms with Gasteiger partial charge in [-0.05, 0) is 63.3 Å². The molecule has 142 valence electrons. The average molecular weight is 337 g/mol. The fourth-order valence-corrected chi connectivity index (χ4v) is 4.96. The van der Waals surface area contributed by atoms with Crippen LogP contribution in [0, 0.1) is 23.7 Å². The molecule has 0 N–H and O–H groups in total. The molecule has 0 bridgehead atoms. The Morgan fingerprint density at radius 1 is 0.750 bits per heavy atom. The molecule has 2 nitrogen and oxygen atoms in total. The summed E-state index contributed by atoms with van der Waals surface area (Å²) < 4.78 is 0. The van der Waals surface area contributed by atoms with Gasteiger partial charge in [-0.2, -0.15) is 0 Å². The van der Waals surface area contributed by atoms with Gasteiger partial charge in [-0.15, -0.1) is 0 Å². The smallest absolute Gasteiger partial charge is 0.0113 e. The van der Waals surface area contributed by atoms with Gasteiger partial charge in [0.1, 0.15) is 0 Å². The maximum Gasteiger partial charge on any atom is 0.0113 e. The summed E-state index contributed by atoms with van der Waals surface area (Å²) in [6.07, 6.45) is 10.4. The highest BCUT2D eigenvalue weighted by atomic mass is 15.3. The van der Waals surface area contributed by atoms with Crippen molar-refractivity contribution in [3.8, 4) is 0 Å². The Hall–Kier alpha value is -0.0800. The Bertz CT molecular complexity index is 323. The molecule has 1 saturated heterocycles. The molecule has 0 aromatic heterocycles. The number of hydrogen-bond acceptors (Lipinski definition) is 2. The van der Waals surface area contributed by atoms with E-state index in [2.05, 4.69) is 44.4 Å². The van der Waals surface area contributed by atoms with Crippen molar-refractivity contribution < 1.29 is 0 Å². The zero-order chi connectivity index (χ0) is 17.5. The van der Waals surface area contributed by atoms with Gasteiger partial charge in [-0.3, -0.25) is 4.90 Å². The van der Waals surface area contributed by atoms with Crippen LogP contribution in [-0.4, -0.2) is 48.6 Å². The van der Waals surface area contributed by atoms with E-state index in [0.29, 0.717) is 0 Å². The predicted molar refractivity (Wildman–Crippen MR) is 106 cm³/mol. The lowest BCUT2D eigenvalue weighted by atomic mass is 9.75. The quantitative estimate of drug-likeness (QED) is 0.595. The first-order valence-electron chi connectivity index (χ1n) is 10.9. The Morgan fingerprint density at radius 3 is 1.79 bits per heavy atom. The molecule has 1 atom stereocenters. The van der Waals surface area contributed by atoms with Gasteiger partial charge in [0.15, 0.2) is 0 Å². The maximum atomic E-state index is 2.70. The van der Waals surface area contributed by atoms with Crippen LogP contribution >= 0.6 is 0 Å². The van der Waals surface area contributed by atoms with Crippen LogP contribution in [0.5, 0.6) is 0 Å². The molecule has 1 unspecified atom stereocenters. The van der Waals surface area contributed by atoms with Gasteiger partial charge in [0.2, 0.25) is 0 Å². The molecular weight excluding hydrogens is 292 g/mol. The van der Waals surface area contributed by atoms with E-state index in [1.807, 2.05) is 0 Å². The van der Waals surface area contributed by atoms with Gasteiger partial charge >= 0.3 is 0 Å². The van der Waals surface area contributed by atoms with Gasteiger partial charge in [-0.25, -0.2) is 0 Å². The highest BCUT2D eigenvalue weighted by Crippen LogP contribution is 2.36. The van der Waals surface area contributed by atoms with E-state index >= 15 is 0 Å². The van der Waals surface area contributed by atoms with Crippen molar-refractivity contribution in [2.45, 2.75) is 85.6 Å². The highest BCUT2D eigenvalue weighted by Gasteiger charge is 2.24. The molecule has 0 radical (unpaired) electrons. The molecule has 2 rings (SSSR count). The van der Waals surface area contributed by atoms with E-state index in [1.165, 1.54) is 77.7 Å². The minimum atomic E-state index is 0.719. The van der Waals surface area contributed by atoms with Crippen LogP contribution in [0.4, 0.5) is 0 Å². The largest absolute Gasteiger partial charge is 0.301 e. The third-order valence-electron chi connectivity index (χ3n) is 6.58. The van der Waals surface area contributed by atoms with Gasteiger partial charge in [0.25, 0.3) is 0 Å². The topological polar surface area (TPSA) is 6.48 Å². The average Bonchev–Trinajstić information content (AvgIpc) is 2.54. The lowest BCUT2D eigenvalue weighted by Gasteiger charge is -2.37. The zero-order valence-corrected chi connectivity index (χ0v) is 17.3. The van der Waals surface area contributed by atoms with Crippen LogP contribution in [0.3, 0.4) is 0 Å². The van der Waals surface area contributed by atoms with Gasteiger partial charge < -0.3 is 4.90 Å². The summed E-state index contributed by atoms with van der Waals surface area (Å²) in [5, 5.41) is 0. The van der Waals surface area contributed by atoms with Gasteiger partial charge in [0.05, 0.1) is 0 Å². The molecule has 1 aliphatic carbocycles. The van der Waals surface area contributed by atoms with Crippen molar-refractivity contribution in [3.63, 3.8) is 0 Å². The second kappa shape index (κ2) is 10.2. The Kier molecular flexibility index (Phi) is 8.57.